The molecule has 0 saturated heterocycles. The van der Waals surface area contributed by atoms with Gasteiger partial charge in [0.05, 0.1) is 5.92 Å². The second kappa shape index (κ2) is 7.16. The van der Waals surface area contributed by atoms with Crippen LogP contribution < -0.4 is 5.32 Å². The van der Waals surface area contributed by atoms with E-state index < -0.39 is 5.97 Å². The molecule has 1 aromatic rings. The highest BCUT2D eigenvalue weighted by molar-refractivity contribution is 5.79. The molecule has 126 valence electrons. The van der Waals surface area contributed by atoms with Gasteiger partial charge in [-0.2, -0.15) is 0 Å². The molecule has 2 rings (SSSR count). The lowest BCUT2D eigenvalue weighted by Gasteiger charge is -2.29. The van der Waals surface area contributed by atoms with Gasteiger partial charge in [0.25, 0.3) is 0 Å². The molecule has 0 unspecified atom stereocenters. The average molecular weight is 317 g/mol. The van der Waals surface area contributed by atoms with Gasteiger partial charge in [-0.05, 0) is 38.2 Å². The molecule has 0 aromatic heterocycles. The Morgan fingerprint density at radius 2 is 1.78 bits per heavy atom. The molecule has 0 aliphatic heterocycles. The highest BCUT2D eigenvalue weighted by Crippen LogP contribution is 2.29. The fourth-order valence-corrected chi connectivity index (χ4v) is 3.22. The Kier molecular flexibility index (Phi) is 5.45. The molecule has 0 radical (unpaired) electrons. The van der Waals surface area contributed by atoms with Gasteiger partial charge in [-0.15, -0.1) is 0 Å². The Morgan fingerprint density at radius 3 is 2.35 bits per heavy atom. The van der Waals surface area contributed by atoms with Gasteiger partial charge in [-0.1, -0.05) is 43.7 Å². The van der Waals surface area contributed by atoms with Crippen molar-refractivity contribution in [3.8, 4) is 0 Å². The van der Waals surface area contributed by atoms with Crippen molar-refractivity contribution in [1.82, 2.24) is 5.32 Å². The van der Waals surface area contributed by atoms with Crippen LogP contribution in [0.15, 0.2) is 24.3 Å². The monoisotopic (exact) mass is 317 g/mol. The Balaban J connectivity index is 1.88. The van der Waals surface area contributed by atoms with Crippen LogP contribution in [0, 0.1) is 18.8 Å². The van der Waals surface area contributed by atoms with E-state index in [0.717, 1.165) is 0 Å². The number of aryl methyl sites for hydroxylation is 1. The molecule has 1 aliphatic carbocycles. The van der Waals surface area contributed by atoms with Crippen LogP contribution in [0.5, 0.6) is 0 Å². The maximum Gasteiger partial charge on any atom is 0.306 e. The standard InChI is InChI=1S/C19H27NO3/c1-13-5-4-6-16(11-13)19(2,3)12-20-17(21)14-7-9-15(10-8-14)18(22)23/h4-6,11,14-15H,7-10,12H2,1-3H3,(H,20,21)(H,22,23). The minimum Gasteiger partial charge on any atom is -0.481 e. The van der Waals surface area contributed by atoms with Crippen molar-refractivity contribution >= 4 is 11.9 Å². The molecule has 1 aliphatic rings. The van der Waals surface area contributed by atoms with Crippen molar-refractivity contribution in [3.63, 3.8) is 0 Å². The molecule has 4 nitrogen and oxygen atoms in total. The molecule has 4 heteroatoms. The number of carboxylic acids is 1. The van der Waals surface area contributed by atoms with Crippen LogP contribution in [0.2, 0.25) is 0 Å². The lowest BCUT2D eigenvalue weighted by Crippen LogP contribution is -2.41. The van der Waals surface area contributed by atoms with Crippen LogP contribution in [0.3, 0.4) is 0 Å². The first-order chi connectivity index (χ1) is 10.8. The summed E-state index contributed by atoms with van der Waals surface area (Å²) in [6, 6.07) is 8.36. The number of hydrogen-bond donors (Lipinski definition) is 2. The maximum absolute atomic E-state index is 12.4. The van der Waals surface area contributed by atoms with Gasteiger partial charge in [-0.25, -0.2) is 0 Å². The number of hydrogen-bond acceptors (Lipinski definition) is 2. The van der Waals surface area contributed by atoms with E-state index in [0.29, 0.717) is 32.2 Å². The van der Waals surface area contributed by atoms with Crippen molar-refractivity contribution in [1.29, 1.82) is 0 Å². The molecule has 23 heavy (non-hydrogen) atoms. The highest BCUT2D eigenvalue weighted by Gasteiger charge is 2.30. The van der Waals surface area contributed by atoms with Crippen LogP contribution in [0.4, 0.5) is 0 Å². The second-order valence-corrected chi connectivity index (χ2v) is 7.36. The normalized spacial score (nSPS) is 21.7. The van der Waals surface area contributed by atoms with Crippen LogP contribution in [-0.4, -0.2) is 23.5 Å². The van der Waals surface area contributed by atoms with E-state index in [4.69, 9.17) is 5.11 Å². The smallest absolute Gasteiger partial charge is 0.306 e. The number of rotatable bonds is 5. The fraction of sp³-hybridized carbons (Fsp3) is 0.579. The zero-order chi connectivity index (χ0) is 17.0. The van der Waals surface area contributed by atoms with Crippen molar-refractivity contribution < 1.29 is 14.7 Å². The minimum absolute atomic E-state index is 0.0427. The molecule has 2 N–H and O–H groups in total. The second-order valence-electron chi connectivity index (χ2n) is 7.36. The molecule has 1 fully saturated rings. The zero-order valence-electron chi connectivity index (χ0n) is 14.3. The molecule has 0 spiro atoms. The van der Waals surface area contributed by atoms with E-state index in [-0.39, 0.29) is 23.2 Å². The zero-order valence-corrected chi connectivity index (χ0v) is 14.3. The molecule has 1 saturated carbocycles. The number of nitrogens with one attached hydrogen (secondary N) is 1. The number of carboxylic acid groups (broad SMARTS) is 1. The topological polar surface area (TPSA) is 66.4 Å². The number of aliphatic carboxylic acids is 1. The third-order valence-electron chi connectivity index (χ3n) is 4.95. The summed E-state index contributed by atoms with van der Waals surface area (Å²) in [5.41, 5.74) is 2.31. The number of carbonyl (C=O) groups excluding carboxylic acids is 1. The van der Waals surface area contributed by atoms with E-state index in [2.05, 4.69) is 44.3 Å². The van der Waals surface area contributed by atoms with Crippen LogP contribution >= 0.6 is 0 Å². The summed E-state index contributed by atoms with van der Waals surface area (Å²) in [6.07, 6.45) is 2.56. The third-order valence-corrected chi connectivity index (χ3v) is 4.95. The summed E-state index contributed by atoms with van der Waals surface area (Å²) in [6.45, 7) is 6.92. The number of amides is 1. The van der Waals surface area contributed by atoms with Gasteiger partial charge in [0.15, 0.2) is 0 Å². The molecule has 1 amide bonds. The lowest BCUT2D eigenvalue weighted by atomic mass is 9.81. The Morgan fingerprint density at radius 1 is 1.17 bits per heavy atom. The summed E-state index contributed by atoms with van der Waals surface area (Å²) in [5.74, 6) is -0.985. The van der Waals surface area contributed by atoms with E-state index in [9.17, 15) is 9.59 Å². The Bertz CT molecular complexity index is 572. The van der Waals surface area contributed by atoms with Crippen LogP contribution in [0.1, 0.15) is 50.7 Å². The van der Waals surface area contributed by atoms with Gasteiger partial charge in [0.1, 0.15) is 0 Å². The number of benzene rings is 1. The SMILES string of the molecule is Cc1cccc(C(C)(C)CNC(=O)C2CCC(C(=O)O)CC2)c1. The third kappa shape index (κ3) is 4.57. The predicted molar refractivity (Wildman–Crippen MR) is 90.3 cm³/mol. The predicted octanol–water partition coefficient (Wildman–Crippen LogP) is 3.28. The largest absolute Gasteiger partial charge is 0.481 e. The number of carbonyl (C=O) groups is 2. The van der Waals surface area contributed by atoms with E-state index in [1.165, 1.54) is 11.1 Å². The van der Waals surface area contributed by atoms with Crippen molar-refractivity contribution in [2.45, 2.75) is 51.9 Å². The minimum atomic E-state index is -0.732. The quantitative estimate of drug-likeness (QED) is 0.876. The van der Waals surface area contributed by atoms with Crippen molar-refractivity contribution in [2.24, 2.45) is 11.8 Å². The van der Waals surface area contributed by atoms with Gasteiger partial charge in [0, 0.05) is 17.9 Å². The first-order valence-corrected chi connectivity index (χ1v) is 8.37. The molecule has 0 heterocycles. The maximum atomic E-state index is 12.4. The van der Waals surface area contributed by atoms with Crippen molar-refractivity contribution in [3.05, 3.63) is 35.4 Å². The van der Waals surface area contributed by atoms with Crippen molar-refractivity contribution in [2.75, 3.05) is 6.54 Å². The fourth-order valence-electron chi connectivity index (χ4n) is 3.22. The van der Waals surface area contributed by atoms with Gasteiger partial charge < -0.3 is 10.4 Å². The molecule has 1 aromatic carbocycles. The first-order valence-electron chi connectivity index (χ1n) is 8.37. The Labute approximate surface area is 138 Å². The first kappa shape index (κ1) is 17.5. The van der Waals surface area contributed by atoms with Crippen LogP contribution in [0.25, 0.3) is 0 Å². The molecule has 0 bridgehead atoms. The van der Waals surface area contributed by atoms with Gasteiger partial charge >= 0.3 is 5.97 Å². The van der Waals surface area contributed by atoms with Gasteiger partial charge in [-0.3, -0.25) is 9.59 Å². The Hall–Kier alpha value is -1.84. The average Bonchev–Trinajstić information content (AvgIpc) is 2.53. The summed E-state index contributed by atoms with van der Waals surface area (Å²) < 4.78 is 0. The molecular formula is C19H27NO3. The van der Waals surface area contributed by atoms with Crippen LogP contribution in [-0.2, 0) is 15.0 Å². The summed E-state index contributed by atoms with van der Waals surface area (Å²) >= 11 is 0. The lowest BCUT2D eigenvalue weighted by molar-refractivity contribution is -0.144. The highest BCUT2D eigenvalue weighted by atomic mass is 16.4. The van der Waals surface area contributed by atoms with E-state index in [1.807, 2.05) is 6.07 Å². The summed E-state index contributed by atoms with van der Waals surface area (Å²) in [7, 11) is 0. The van der Waals surface area contributed by atoms with E-state index in [1.54, 1.807) is 0 Å². The molecular weight excluding hydrogens is 290 g/mol. The van der Waals surface area contributed by atoms with E-state index >= 15 is 0 Å². The van der Waals surface area contributed by atoms with Gasteiger partial charge in [0.2, 0.25) is 5.91 Å². The molecule has 0 atom stereocenters. The summed E-state index contributed by atoms with van der Waals surface area (Å²) in [5, 5.41) is 12.1. The summed E-state index contributed by atoms with van der Waals surface area (Å²) in [4.78, 5) is 23.3.